The molecule has 1 aliphatic rings. The molecule has 1 fully saturated rings. The summed E-state index contributed by atoms with van der Waals surface area (Å²) >= 11 is 0. The van der Waals surface area contributed by atoms with Gasteiger partial charge in [-0.3, -0.25) is 4.79 Å². The quantitative estimate of drug-likeness (QED) is 0.676. The zero-order chi connectivity index (χ0) is 13.1. The average Bonchev–Trinajstić information content (AvgIpc) is 2.47. The molecule has 1 heterocycles. The molecule has 0 aromatic carbocycles. The second-order valence-corrected chi connectivity index (χ2v) is 5.34. The lowest BCUT2D eigenvalue weighted by molar-refractivity contribution is -0.870. The zero-order valence-electron chi connectivity index (χ0n) is 10.9. The third-order valence-electron chi connectivity index (χ3n) is 2.54. The van der Waals surface area contributed by atoms with Gasteiger partial charge in [0.1, 0.15) is 0 Å². The molecule has 0 radical (unpaired) electrons. The summed E-state index contributed by atoms with van der Waals surface area (Å²) in [6.07, 6.45) is 2.03. The van der Waals surface area contributed by atoms with Crippen molar-refractivity contribution in [2.75, 3.05) is 27.7 Å². The first-order valence-electron chi connectivity index (χ1n) is 5.81. The van der Waals surface area contributed by atoms with Gasteiger partial charge in [-0.15, -0.1) is 5.06 Å². The molecule has 0 atom stereocenters. The molecule has 1 amide bonds. The topological polar surface area (TPSA) is 46.6 Å². The molecule has 0 spiro atoms. The lowest BCUT2D eigenvalue weighted by atomic mass is 10.3. The fourth-order valence-corrected chi connectivity index (χ4v) is 1.59. The fourth-order valence-electron chi connectivity index (χ4n) is 1.59. The molecule has 1 rings (SSSR count). The van der Waals surface area contributed by atoms with Gasteiger partial charge in [0.15, 0.2) is 0 Å². The molecule has 0 aliphatic carbocycles. The van der Waals surface area contributed by atoms with Gasteiger partial charge in [-0.1, -0.05) is 6.58 Å². The molecule has 1 aliphatic heterocycles. The van der Waals surface area contributed by atoms with Gasteiger partial charge in [-0.25, -0.2) is 4.79 Å². The Hall–Kier alpha value is -1.36. The van der Waals surface area contributed by atoms with Gasteiger partial charge in [-0.05, 0) is 6.42 Å². The summed E-state index contributed by atoms with van der Waals surface area (Å²) in [4.78, 5) is 27.8. The normalized spacial score (nSPS) is 16.5. The number of nitrogens with zero attached hydrogens (tertiary/aromatic N) is 2. The second-order valence-electron chi connectivity index (χ2n) is 5.34. The lowest BCUT2D eigenvalue weighted by Gasteiger charge is -2.23. The Kier molecular flexibility index (Phi) is 4.28. The standard InChI is InChI=1S/C12H21N2O3/c1-10-7-8-11(15)13(10)17-12(16)6-5-9-14(2,3)4/h1,5-9H2,2-4H3/q+1. The van der Waals surface area contributed by atoms with Crippen LogP contribution in [0.5, 0.6) is 0 Å². The predicted octanol–water partition coefficient (Wildman–Crippen LogP) is 1.07. The Balaban J connectivity index is 2.30. The third kappa shape index (κ3) is 4.56. The summed E-state index contributed by atoms with van der Waals surface area (Å²) in [5, 5.41) is 1.04. The number of hydroxylamine groups is 2. The van der Waals surface area contributed by atoms with Crippen molar-refractivity contribution in [2.45, 2.75) is 25.7 Å². The van der Waals surface area contributed by atoms with Gasteiger partial charge < -0.3 is 9.32 Å². The lowest BCUT2D eigenvalue weighted by Crippen LogP contribution is -2.35. The van der Waals surface area contributed by atoms with E-state index in [0.717, 1.165) is 22.5 Å². The highest BCUT2D eigenvalue weighted by atomic mass is 16.7. The molecule has 17 heavy (non-hydrogen) atoms. The van der Waals surface area contributed by atoms with Crippen LogP contribution in [0, 0.1) is 0 Å². The Morgan fingerprint density at radius 2 is 2.06 bits per heavy atom. The number of hydrogen-bond acceptors (Lipinski definition) is 3. The minimum atomic E-state index is -0.366. The van der Waals surface area contributed by atoms with E-state index < -0.39 is 0 Å². The van der Waals surface area contributed by atoms with Crippen LogP contribution in [0.1, 0.15) is 25.7 Å². The third-order valence-corrected chi connectivity index (χ3v) is 2.54. The van der Waals surface area contributed by atoms with E-state index >= 15 is 0 Å². The molecule has 0 aromatic rings. The molecule has 5 heteroatoms. The van der Waals surface area contributed by atoms with Crippen molar-refractivity contribution < 1.29 is 18.9 Å². The van der Waals surface area contributed by atoms with Crippen molar-refractivity contribution in [3.63, 3.8) is 0 Å². The monoisotopic (exact) mass is 241 g/mol. The number of carbonyl (C=O) groups excluding carboxylic acids is 2. The molecule has 96 valence electrons. The van der Waals surface area contributed by atoms with E-state index in [-0.39, 0.29) is 11.9 Å². The van der Waals surface area contributed by atoms with E-state index in [9.17, 15) is 9.59 Å². The summed E-state index contributed by atoms with van der Waals surface area (Å²) < 4.78 is 0.808. The van der Waals surface area contributed by atoms with Crippen molar-refractivity contribution in [3.05, 3.63) is 12.3 Å². The number of quaternary nitrogens is 1. The minimum Gasteiger partial charge on any atom is -0.334 e. The number of allylic oxidation sites excluding steroid dienone is 1. The Morgan fingerprint density at radius 3 is 2.53 bits per heavy atom. The number of rotatable bonds is 5. The molecule has 0 unspecified atom stereocenters. The van der Waals surface area contributed by atoms with Gasteiger partial charge in [-0.2, -0.15) is 0 Å². The average molecular weight is 241 g/mol. The molecular weight excluding hydrogens is 220 g/mol. The molecule has 5 nitrogen and oxygen atoms in total. The Bertz CT molecular complexity index is 315. The number of carbonyl (C=O) groups is 2. The Labute approximate surface area is 102 Å². The van der Waals surface area contributed by atoms with Crippen LogP contribution >= 0.6 is 0 Å². The largest absolute Gasteiger partial charge is 0.334 e. The minimum absolute atomic E-state index is 0.185. The van der Waals surface area contributed by atoms with Crippen LogP contribution in [-0.4, -0.2) is 49.1 Å². The van der Waals surface area contributed by atoms with Crippen molar-refractivity contribution in [3.8, 4) is 0 Å². The summed E-state index contributed by atoms with van der Waals surface area (Å²) in [5.74, 6) is -0.551. The molecular formula is C12H21N2O3+. The summed E-state index contributed by atoms with van der Waals surface area (Å²) in [7, 11) is 6.20. The summed E-state index contributed by atoms with van der Waals surface area (Å²) in [5.41, 5.74) is 0.565. The molecule has 0 N–H and O–H groups in total. The van der Waals surface area contributed by atoms with Crippen LogP contribution < -0.4 is 0 Å². The van der Waals surface area contributed by atoms with E-state index in [1.807, 2.05) is 0 Å². The molecule has 0 aromatic heterocycles. The van der Waals surface area contributed by atoms with Crippen molar-refractivity contribution in [2.24, 2.45) is 0 Å². The van der Waals surface area contributed by atoms with E-state index in [4.69, 9.17) is 4.84 Å². The summed E-state index contributed by atoms with van der Waals surface area (Å²) in [6, 6.07) is 0. The van der Waals surface area contributed by atoms with Gasteiger partial charge in [0.25, 0.3) is 5.91 Å². The van der Waals surface area contributed by atoms with Crippen LogP contribution in [0.3, 0.4) is 0 Å². The van der Waals surface area contributed by atoms with Crippen LogP contribution in [0.25, 0.3) is 0 Å². The maximum atomic E-state index is 11.5. The van der Waals surface area contributed by atoms with Gasteiger partial charge in [0.05, 0.1) is 39.8 Å². The van der Waals surface area contributed by atoms with Crippen LogP contribution in [0.4, 0.5) is 0 Å². The fraction of sp³-hybridized carbons (Fsp3) is 0.667. The second kappa shape index (κ2) is 5.31. The van der Waals surface area contributed by atoms with E-state index in [0.29, 0.717) is 25.0 Å². The maximum Gasteiger partial charge on any atom is 0.333 e. The van der Waals surface area contributed by atoms with E-state index in [2.05, 4.69) is 27.7 Å². The van der Waals surface area contributed by atoms with Crippen LogP contribution in [-0.2, 0) is 14.4 Å². The van der Waals surface area contributed by atoms with Gasteiger partial charge in [0.2, 0.25) is 0 Å². The molecule has 1 saturated heterocycles. The smallest absolute Gasteiger partial charge is 0.333 e. The Morgan fingerprint density at radius 1 is 1.41 bits per heavy atom. The van der Waals surface area contributed by atoms with Crippen molar-refractivity contribution >= 4 is 11.9 Å². The van der Waals surface area contributed by atoms with Crippen LogP contribution in [0.2, 0.25) is 0 Å². The molecule has 0 saturated carbocycles. The highest BCUT2D eigenvalue weighted by Crippen LogP contribution is 2.21. The first kappa shape index (κ1) is 13.7. The highest BCUT2D eigenvalue weighted by Gasteiger charge is 2.28. The van der Waals surface area contributed by atoms with E-state index in [1.165, 1.54) is 0 Å². The molecule has 0 bridgehead atoms. The first-order valence-corrected chi connectivity index (χ1v) is 5.81. The highest BCUT2D eigenvalue weighted by molar-refractivity contribution is 5.82. The van der Waals surface area contributed by atoms with Gasteiger partial charge >= 0.3 is 5.97 Å². The van der Waals surface area contributed by atoms with E-state index in [1.54, 1.807) is 0 Å². The summed E-state index contributed by atoms with van der Waals surface area (Å²) in [6.45, 7) is 4.58. The SMILES string of the molecule is C=C1CCC(=O)N1OC(=O)CCC[N+](C)(C)C. The van der Waals surface area contributed by atoms with Crippen molar-refractivity contribution in [1.29, 1.82) is 0 Å². The predicted molar refractivity (Wildman–Crippen MR) is 63.4 cm³/mol. The van der Waals surface area contributed by atoms with Crippen molar-refractivity contribution in [1.82, 2.24) is 5.06 Å². The first-order chi connectivity index (χ1) is 7.79. The number of hydrogen-bond donors (Lipinski definition) is 0. The maximum absolute atomic E-state index is 11.5. The van der Waals surface area contributed by atoms with Crippen LogP contribution in [0.15, 0.2) is 12.3 Å². The zero-order valence-corrected chi connectivity index (χ0v) is 10.9. The van der Waals surface area contributed by atoms with Gasteiger partial charge in [0, 0.05) is 12.8 Å². The number of amides is 1.